The van der Waals surface area contributed by atoms with Gasteiger partial charge in [-0.05, 0) is 24.3 Å². The average molecular weight is 433 g/mol. The van der Waals surface area contributed by atoms with E-state index in [1.165, 1.54) is 12.3 Å². The van der Waals surface area contributed by atoms with Gasteiger partial charge in [0.15, 0.2) is 5.65 Å². The van der Waals surface area contributed by atoms with E-state index in [1.807, 2.05) is 0 Å². The molecule has 31 heavy (non-hydrogen) atoms. The number of aromatic nitrogens is 6. The van der Waals surface area contributed by atoms with Crippen LogP contribution in [-0.2, 0) is 0 Å². The number of nitrogens with two attached hydrogens (primary N) is 1. The van der Waals surface area contributed by atoms with Crippen molar-refractivity contribution < 1.29 is 18.3 Å². The summed E-state index contributed by atoms with van der Waals surface area (Å²) in [4.78, 5) is 27.7. The van der Waals surface area contributed by atoms with E-state index < -0.39 is 24.3 Å². The van der Waals surface area contributed by atoms with Gasteiger partial charge in [-0.1, -0.05) is 6.07 Å². The van der Waals surface area contributed by atoms with E-state index in [-0.39, 0.29) is 28.1 Å². The maximum Gasteiger partial charge on any atom is 0.408 e. The molecule has 0 spiro atoms. The van der Waals surface area contributed by atoms with Crippen LogP contribution in [0.2, 0.25) is 0 Å². The predicted octanol–water partition coefficient (Wildman–Crippen LogP) is 0.183. The number of aromatic amines is 2. The number of hydrogen-bond acceptors (Lipinski definition) is 8. The average Bonchev–Trinajstić information content (AvgIpc) is 3.22. The molecule has 0 aliphatic rings. The lowest BCUT2D eigenvalue weighted by Crippen LogP contribution is -2.26. The molecule has 0 aliphatic heterocycles. The molecule has 160 valence electrons. The molecule has 0 aliphatic carbocycles. The van der Waals surface area contributed by atoms with Crippen LogP contribution >= 0.6 is 0 Å². The number of halogens is 3. The summed E-state index contributed by atoms with van der Waals surface area (Å²) in [5.74, 6) is -0.473. The second-order valence-corrected chi connectivity index (χ2v) is 6.35. The number of anilines is 3. The van der Waals surface area contributed by atoms with Crippen molar-refractivity contribution in [1.29, 1.82) is 0 Å². The minimum Gasteiger partial charge on any atom is -0.493 e. The Bertz CT molecular complexity index is 1440. The van der Waals surface area contributed by atoms with Crippen LogP contribution in [-0.4, -0.2) is 47.4 Å². The van der Waals surface area contributed by atoms with Crippen LogP contribution in [0.3, 0.4) is 0 Å². The minimum atomic E-state index is -4.54. The third kappa shape index (κ3) is 4.47. The van der Waals surface area contributed by atoms with Crippen molar-refractivity contribution in [2.24, 2.45) is 4.99 Å². The first kappa shape index (κ1) is 19.9. The highest BCUT2D eigenvalue weighted by Gasteiger charge is 2.26. The maximum atomic E-state index is 12.7. The van der Waals surface area contributed by atoms with Crippen molar-refractivity contribution in [3.05, 3.63) is 57.5 Å². The number of rotatable bonds is 4. The number of aromatic hydroxyl groups is 1. The van der Waals surface area contributed by atoms with Crippen molar-refractivity contribution in [3.8, 4) is 5.88 Å². The highest BCUT2D eigenvalue weighted by Crippen LogP contribution is 2.16. The zero-order valence-corrected chi connectivity index (χ0v) is 15.5. The Labute approximate surface area is 169 Å². The number of hydrogen-bond donors (Lipinski definition) is 5. The minimum absolute atomic E-state index is 0.0395. The van der Waals surface area contributed by atoms with E-state index in [4.69, 9.17) is 5.73 Å². The van der Waals surface area contributed by atoms with Crippen LogP contribution in [0.1, 0.15) is 5.69 Å². The summed E-state index contributed by atoms with van der Waals surface area (Å²) < 4.78 is 39.1. The molecule has 1 aromatic carbocycles. The fourth-order valence-electron chi connectivity index (χ4n) is 2.69. The summed E-state index contributed by atoms with van der Waals surface area (Å²) >= 11 is 0. The molecule has 14 heteroatoms. The van der Waals surface area contributed by atoms with Gasteiger partial charge < -0.3 is 21.1 Å². The van der Waals surface area contributed by atoms with Crippen molar-refractivity contribution >= 4 is 29.0 Å². The van der Waals surface area contributed by atoms with Gasteiger partial charge in [-0.15, -0.1) is 0 Å². The monoisotopic (exact) mass is 433 g/mol. The number of nitrogens with zero attached hydrogens (tertiary/aromatic N) is 5. The Morgan fingerprint density at radius 3 is 2.77 bits per heavy atom. The number of fused-ring (bicyclic) bond motifs is 1. The predicted molar refractivity (Wildman–Crippen MR) is 103 cm³/mol. The third-order valence-electron chi connectivity index (χ3n) is 3.96. The number of alkyl halides is 3. The first-order valence-corrected chi connectivity index (χ1v) is 8.66. The van der Waals surface area contributed by atoms with Crippen molar-refractivity contribution in [3.63, 3.8) is 0 Å². The van der Waals surface area contributed by atoms with Crippen molar-refractivity contribution in [2.75, 3.05) is 17.6 Å². The first-order chi connectivity index (χ1) is 14.7. The normalized spacial score (nSPS) is 13.3. The molecule has 0 unspecified atom stereocenters. The molecule has 4 aromatic rings. The lowest BCUT2D eigenvalue weighted by Gasteiger charge is -2.06. The van der Waals surface area contributed by atoms with Crippen LogP contribution in [0.15, 0.2) is 40.2 Å². The summed E-state index contributed by atoms with van der Waals surface area (Å²) in [7, 11) is 0. The Hall–Kier alpha value is -4.36. The second-order valence-electron chi connectivity index (χ2n) is 6.35. The summed E-state index contributed by atoms with van der Waals surface area (Å²) in [6.07, 6.45) is -1.91. The molecule has 6 N–H and O–H groups in total. The fraction of sp³-hybridized carbons (Fsp3) is 0.118. The molecule has 0 bridgehead atoms. The van der Waals surface area contributed by atoms with E-state index in [0.717, 1.165) is 4.52 Å². The van der Waals surface area contributed by atoms with Crippen molar-refractivity contribution in [2.45, 2.75) is 6.18 Å². The summed E-state index contributed by atoms with van der Waals surface area (Å²) in [6, 6.07) is 6.59. The van der Waals surface area contributed by atoms with Gasteiger partial charge in [-0.3, -0.25) is 4.98 Å². The van der Waals surface area contributed by atoms with Crippen molar-refractivity contribution in [1.82, 2.24) is 29.5 Å². The molecule has 4 rings (SSSR count). The van der Waals surface area contributed by atoms with E-state index in [9.17, 15) is 23.1 Å². The lowest BCUT2D eigenvalue weighted by molar-refractivity contribution is -0.118. The molecular weight excluding hydrogens is 419 g/mol. The van der Waals surface area contributed by atoms with Crippen LogP contribution in [0, 0.1) is 0 Å². The lowest BCUT2D eigenvalue weighted by atomic mass is 10.3. The fourth-order valence-corrected chi connectivity index (χ4v) is 2.69. The maximum absolute atomic E-state index is 12.7. The molecule has 0 saturated carbocycles. The molecule has 3 heterocycles. The number of nitrogen functional groups attached to an aromatic ring is 1. The third-order valence-corrected chi connectivity index (χ3v) is 3.96. The molecule has 0 radical (unpaired) electrons. The Morgan fingerprint density at radius 1 is 1.29 bits per heavy atom. The van der Waals surface area contributed by atoms with Gasteiger partial charge in [-0.25, -0.2) is 9.79 Å². The molecule has 0 fully saturated rings. The Morgan fingerprint density at radius 2 is 2.10 bits per heavy atom. The van der Waals surface area contributed by atoms with E-state index in [2.05, 4.69) is 35.3 Å². The molecular formula is C17H14F3N9O2. The van der Waals surface area contributed by atoms with Gasteiger partial charge in [0.25, 0.3) is 5.62 Å². The van der Waals surface area contributed by atoms with Crippen LogP contribution in [0.5, 0.6) is 5.88 Å². The van der Waals surface area contributed by atoms with Gasteiger partial charge in [-0.2, -0.15) is 32.8 Å². The topological polar surface area (TPSA) is 162 Å². The highest BCUT2D eigenvalue weighted by molar-refractivity contribution is 5.61. The highest BCUT2D eigenvalue weighted by atomic mass is 19.4. The van der Waals surface area contributed by atoms with Gasteiger partial charge in [0.05, 0.1) is 6.20 Å². The van der Waals surface area contributed by atoms with E-state index in [0.29, 0.717) is 11.4 Å². The standard InChI is InChI=1S/C17H14F3N9O2/c18-17(19,20)7-22-15-28-14(24-10-3-1-2-9(21)5-10)26-12-8(6-23-29(12)15)4-11-13(30)27-16(31)25-11/h1-6,30H,7,21H2,(H,22,24,28)(H2,25,27,31). The number of H-pyrrole nitrogens is 2. The zero-order chi connectivity index (χ0) is 22.2. The summed E-state index contributed by atoms with van der Waals surface area (Å²) in [5.41, 5.74) is 5.84. The number of nitrogens with one attached hydrogen (secondary N) is 3. The first-order valence-electron chi connectivity index (χ1n) is 8.66. The molecule has 0 amide bonds. The largest absolute Gasteiger partial charge is 0.493 e. The summed E-state index contributed by atoms with van der Waals surface area (Å²) in [6.45, 7) is -1.47. The van der Waals surface area contributed by atoms with Gasteiger partial charge >= 0.3 is 11.9 Å². The van der Waals surface area contributed by atoms with E-state index >= 15 is 0 Å². The SMILES string of the molecule is Nc1cccc(Nc2nc(=NCC(F)(F)F)n3ncc(=Cc4[nH]c(=O)[nH]c4O)c3n2)c1. The molecule has 0 saturated heterocycles. The number of imidazole rings is 1. The second kappa shape index (κ2) is 7.47. The zero-order valence-electron chi connectivity index (χ0n) is 15.5. The molecule has 3 aromatic heterocycles. The Kier molecular flexibility index (Phi) is 4.81. The smallest absolute Gasteiger partial charge is 0.408 e. The van der Waals surface area contributed by atoms with E-state index in [1.54, 1.807) is 24.3 Å². The van der Waals surface area contributed by atoms with Crippen LogP contribution in [0.25, 0.3) is 11.7 Å². The number of benzene rings is 1. The van der Waals surface area contributed by atoms with Crippen LogP contribution < -0.4 is 27.6 Å². The molecule has 11 nitrogen and oxygen atoms in total. The van der Waals surface area contributed by atoms with Gasteiger partial charge in [0.1, 0.15) is 12.2 Å². The van der Waals surface area contributed by atoms with Gasteiger partial charge in [0.2, 0.25) is 11.8 Å². The quantitative estimate of drug-likeness (QED) is 0.287. The van der Waals surface area contributed by atoms with Crippen LogP contribution in [0.4, 0.5) is 30.5 Å². The van der Waals surface area contributed by atoms with Gasteiger partial charge in [0, 0.05) is 16.6 Å². The molecule has 0 atom stereocenters. The summed E-state index contributed by atoms with van der Waals surface area (Å²) in [5, 5.41) is 16.9. The Balaban J connectivity index is 1.90.